The number of nitrogens with zero attached hydrogens (tertiary/aromatic N) is 3. The summed E-state index contributed by atoms with van der Waals surface area (Å²) in [6, 6.07) is 0. The second-order valence-corrected chi connectivity index (χ2v) is 4.66. The van der Waals surface area contributed by atoms with E-state index >= 15 is 0 Å². The van der Waals surface area contributed by atoms with Crippen LogP contribution in [-0.4, -0.2) is 33.7 Å². The van der Waals surface area contributed by atoms with Crippen molar-refractivity contribution in [1.82, 2.24) is 0 Å². The molecule has 0 amide bonds. The van der Waals surface area contributed by atoms with Gasteiger partial charge in [-0.1, -0.05) is 0 Å². The van der Waals surface area contributed by atoms with Gasteiger partial charge in [0.05, 0.1) is 0 Å². The minimum Gasteiger partial charge on any atom is -0.668 e. The molecule has 0 fully saturated rings. The standard InChI is InChI=1S/C5H5.C4H9N.2C2H6N.Nb/c1-2-4-5-3-1;1-4(2,3)5;2*1-3-2;/h1-3H,4H2;1-3H3;2*1-2H3;/q-1;;2*-1;. The Morgan fingerprint density at radius 2 is 1.47 bits per heavy atom. The maximum absolute atomic E-state index is 4.07. The molecule has 0 aromatic rings. The molecular weight excluding hydrogens is 291 g/mol. The fraction of sp³-hybridized carbons (Fsp3) is 0.692. The summed E-state index contributed by atoms with van der Waals surface area (Å²) >= 11 is 1.52. The maximum atomic E-state index is 4.07. The smallest absolute Gasteiger partial charge is 0.109 e. The fourth-order valence-electron chi connectivity index (χ4n) is 0.340. The molecule has 0 saturated carbocycles. The zero-order chi connectivity index (χ0) is 14.2. The van der Waals surface area contributed by atoms with E-state index in [1.54, 1.807) is 28.2 Å². The van der Waals surface area contributed by atoms with Gasteiger partial charge in [0.25, 0.3) is 0 Å². The number of hydrogen-bond donors (Lipinski definition) is 0. The van der Waals surface area contributed by atoms with Crippen LogP contribution in [0.25, 0.3) is 10.6 Å². The van der Waals surface area contributed by atoms with Gasteiger partial charge in [0, 0.05) is 0 Å². The largest absolute Gasteiger partial charge is 0.668 e. The Balaban J connectivity index is -0.000000162. The van der Waals surface area contributed by atoms with E-state index in [1.165, 1.54) is 20.9 Å². The monoisotopic (exact) mass is 317 g/mol. The molecular formula is C13H26N3Nb-3. The van der Waals surface area contributed by atoms with Gasteiger partial charge in [0.2, 0.25) is 0 Å². The molecule has 0 N–H and O–H groups in total. The van der Waals surface area contributed by atoms with Crippen LogP contribution in [0.3, 0.4) is 0 Å². The molecule has 3 nitrogen and oxygen atoms in total. The molecule has 0 heterocycles. The van der Waals surface area contributed by atoms with Gasteiger partial charge in [-0.25, -0.2) is 12.2 Å². The molecule has 0 bridgehead atoms. The third-order valence-corrected chi connectivity index (χ3v) is 2.36. The summed E-state index contributed by atoms with van der Waals surface area (Å²) in [5.41, 5.74) is 0.189. The van der Waals surface area contributed by atoms with Crippen LogP contribution in [-0.2, 0) is 20.9 Å². The average Bonchev–Trinajstić information content (AvgIpc) is 2.77. The quantitative estimate of drug-likeness (QED) is 0.477. The van der Waals surface area contributed by atoms with Gasteiger partial charge < -0.3 is 10.6 Å². The number of rotatable bonds is 0. The van der Waals surface area contributed by atoms with Crippen LogP contribution in [0.4, 0.5) is 0 Å². The van der Waals surface area contributed by atoms with Crippen molar-refractivity contribution in [2.24, 2.45) is 3.34 Å². The van der Waals surface area contributed by atoms with E-state index in [9.17, 15) is 0 Å². The van der Waals surface area contributed by atoms with Gasteiger partial charge in [-0.15, -0.1) is 6.42 Å². The Kier molecular flexibility index (Phi) is 23.9. The van der Waals surface area contributed by atoms with Crippen molar-refractivity contribution in [2.45, 2.75) is 32.7 Å². The summed E-state index contributed by atoms with van der Waals surface area (Å²) in [7, 11) is 7.00. The van der Waals surface area contributed by atoms with E-state index in [0.29, 0.717) is 0 Å². The van der Waals surface area contributed by atoms with Crippen LogP contribution >= 0.6 is 0 Å². The summed E-state index contributed by atoms with van der Waals surface area (Å²) in [6.07, 6.45) is 10.0. The zero-order valence-corrected chi connectivity index (χ0v) is 14.4. The fourth-order valence-corrected chi connectivity index (χ4v) is 0.340. The molecule has 0 aromatic carbocycles. The molecule has 0 atom stereocenters. The molecule has 4 heteroatoms. The van der Waals surface area contributed by atoms with Gasteiger partial charge >= 0.3 is 50.5 Å². The number of hydrogen-bond acceptors (Lipinski definition) is 1. The first kappa shape index (κ1) is 22.1. The van der Waals surface area contributed by atoms with E-state index in [2.05, 4.69) is 46.9 Å². The van der Waals surface area contributed by atoms with Crippen molar-refractivity contribution in [3.05, 3.63) is 34.9 Å². The normalized spacial score (nSPS) is 11.2. The first-order chi connectivity index (χ1) is 7.89. The van der Waals surface area contributed by atoms with Crippen molar-refractivity contribution in [3.8, 4) is 0 Å². The third-order valence-electron chi connectivity index (χ3n) is 0.886. The summed E-state index contributed by atoms with van der Waals surface area (Å²) in [5.74, 6) is 0. The molecule has 1 aliphatic carbocycles. The van der Waals surface area contributed by atoms with E-state index in [1.807, 2.05) is 12.2 Å². The van der Waals surface area contributed by atoms with E-state index in [-0.39, 0.29) is 5.54 Å². The molecule has 1 aliphatic rings. The minimum absolute atomic E-state index is 0.189. The zero-order valence-electron chi connectivity index (χ0n) is 12.2. The third kappa shape index (κ3) is 49.1. The van der Waals surface area contributed by atoms with E-state index in [4.69, 9.17) is 0 Å². The minimum atomic E-state index is 0.189. The topological polar surface area (TPSA) is 40.6 Å². The molecule has 0 aromatic heterocycles. The summed E-state index contributed by atoms with van der Waals surface area (Å²) in [5, 5.41) is 7.00. The Hall–Kier alpha value is -0.0597. The van der Waals surface area contributed by atoms with E-state index < -0.39 is 0 Å². The molecule has 0 unspecified atom stereocenters. The second kappa shape index (κ2) is 18.3. The van der Waals surface area contributed by atoms with Crippen molar-refractivity contribution >= 4 is 0 Å². The second-order valence-electron chi connectivity index (χ2n) is 4.17. The van der Waals surface area contributed by atoms with Crippen molar-refractivity contribution in [1.29, 1.82) is 0 Å². The first-order valence-corrected chi connectivity index (χ1v) is 6.41. The predicted molar refractivity (Wildman–Crippen MR) is 74.2 cm³/mol. The van der Waals surface area contributed by atoms with Crippen LogP contribution in [0.1, 0.15) is 27.2 Å². The summed E-state index contributed by atoms with van der Waals surface area (Å²) in [4.78, 5) is 0. The van der Waals surface area contributed by atoms with Gasteiger partial charge in [-0.3, -0.25) is 6.08 Å². The van der Waals surface area contributed by atoms with Crippen LogP contribution in [0.2, 0.25) is 0 Å². The van der Waals surface area contributed by atoms with Gasteiger partial charge in [0.15, 0.2) is 0 Å². The van der Waals surface area contributed by atoms with Crippen LogP contribution in [0, 0.1) is 6.08 Å². The molecule has 0 aliphatic heterocycles. The maximum Gasteiger partial charge on any atom is -0.109 e. The van der Waals surface area contributed by atoms with Gasteiger partial charge in [-0.05, 0) is 0 Å². The Morgan fingerprint density at radius 3 is 1.53 bits per heavy atom. The molecule has 101 valence electrons. The Labute approximate surface area is 120 Å². The van der Waals surface area contributed by atoms with E-state index in [0.717, 1.165) is 6.42 Å². The number of allylic oxidation sites excluding steroid dienone is 4. The molecule has 0 spiro atoms. The summed E-state index contributed by atoms with van der Waals surface area (Å²) in [6.45, 7) is 6.27. The Bertz CT molecular complexity index is 181. The molecule has 1 rings (SSSR count). The predicted octanol–water partition coefficient (Wildman–Crippen LogP) is 4.06. The van der Waals surface area contributed by atoms with Gasteiger partial charge in [0.1, 0.15) is 0 Å². The average molecular weight is 317 g/mol. The van der Waals surface area contributed by atoms with Crippen LogP contribution < -0.4 is 0 Å². The molecule has 0 saturated heterocycles. The van der Waals surface area contributed by atoms with Crippen molar-refractivity contribution < 1.29 is 20.9 Å². The van der Waals surface area contributed by atoms with Crippen LogP contribution in [0.5, 0.6) is 0 Å². The van der Waals surface area contributed by atoms with Crippen molar-refractivity contribution in [2.75, 3.05) is 28.2 Å². The molecule has 17 heavy (non-hydrogen) atoms. The van der Waals surface area contributed by atoms with Crippen molar-refractivity contribution in [3.63, 3.8) is 0 Å². The Morgan fingerprint density at radius 1 is 1.12 bits per heavy atom. The van der Waals surface area contributed by atoms with Gasteiger partial charge in [-0.2, -0.15) is 34.3 Å². The first-order valence-electron chi connectivity index (χ1n) is 5.43. The summed E-state index contributed by atoms with van der Waals surface area (Å²) < 4.78 is 4.07. The SMILES string of the molecule is CC(C)(C)[N]=[Nb].C[N-]C.C[N-]C.[C-]1=CC=CC1. The molecule has 0 radical (unpaired) electrons. The van der Waals surface area contributed by atoms with Crippen LogP contribution in [0.15, 0.2) is 21.6 Å².